The van der Waals surface area contributed by atoms with E-state index in [0.717, 1.165) is 37.8 Å². The van der Waals surface area contributed by atoms with Crippen LogP contribution in [0, 0.1) is 28.5 Å². The van der Waals surface area contributed by atoms with Crippen molar-refractivity contribution in [3.05, 3.63) is 35.6 Å². The van der Waals surface area contributed by atoms with Crippen molar-refractivity contribution in [2.45, 2.75) is 51.5 Å². The van der Waals surface area contributed by atoms with Gasteiger partial charge < -0.3 is 4.90 Å². The first-order chi connectivity index (χ1) is 14.1. The molecule has 7 heteroatoms. The molecule has 0 unspecified atom stereocenters. The summed E-state index contributed by atoms with van der Waals surface area (Å²) in [4.78, 5) is 16.0. The van der Waals surface area contributed by atoms with Gasteiger partial charge in [0.15, 0.2) is 0 Å². The van der Waals surface area contributed by atoms with Crippen molar-refractivity contribution < 1.29 is 17.6 Å². The largest absolute Gasteiger partial charge is 0.306 e. The third-order valence-electron chi connectivity index (χ3n) is 9.06. The topological polar surface area (TPSA) is 57.7 Å². The molecule has 1 amide bonds. The Balaban J connectivity index is 1.51. The van der Waals surface area contributed by atoms with E-state index in [0.29, 0.717) is 12.5 Å². The van der Waals surface area contributed by atoms with Gasteiger partial charge >= 0.3 is 0 Å². The van der Waals surface area contributed by atoms with Gasteiger partial charge in [-0.2, -0.15) is 0 Å². The van der Waals surface area contributed by atoms with E-state index in [2.05, 4.69) is 18.7 Å². The van der Waals surface area contributed by atoms with E-state index < -0.39 is 15.9 Å². The van der Waals surface area contributed by atoms with Gasteiger partial charge in [0.1, 0.15) is 5.82 Å². The zero-order valence-corrected chi connectivity index (χ0v) is 18.8. The summed E-state index contributed by atoms with van der Waals surface area (Å²) in [6.45, 7) is 5.76. The van der Waals surface area contributed by atoms with Crippen LogP contribution in [-0.2, 0) is 14.8 Å². The molecule has 0 aromatic heterocycles. The average molecular weight is 435 g/mol. The normalized spacial score (nSPS) is 39.3. The number of sulfonamides is 1. The molecular weight excluding hydrogens is 403 g/mol. The summed E-state index contributed by atoms with van der Waals surface area (Å²) in [6.07, 6.45) is 3.51. The van der Waals surface area contributed by atoms with E-state index in [1.165, 1.54) is 16.4 Å². The molecule has 5 nitrogen and oxygen atoms in total. The summed E-state index contributed by atoms with van der Waals surface area (Å²) in [5, 5.41) is 0. The van der Waals surface area contributed by atoms with E-state index in [-0.39, 0.29) is 40.3 Å². The Morgan fingerprint density at radius 1 is 1.17 bits per heavy atom. The first kappa shape index (κ1) is 20.4. The van der Waals surface area contributed by atoms with Gasteiger partial charge in [0.2, 0.25) is 15.9 Å². The molecule has 2 heterocycles. The molecule has 1 aromatic carbocycles. The Kier molecular flexibility index (Phi) is 4.44. The molecule has 164 valence electrons. The number of likely N-dealkylation sites (tertiary alicyclic amines) is 1. The van der Waals surface area contributed by atoms with Crippen LogP contribution in [0.5, 0.6) is 0 Å². The Hall–Kier alpha value is -1.47. The molecule has 2 saturated heterocycles. The maximum atomic E-state index is 13.9. The molecule has 5 atom stereocenters. The number of hydrogen-bond acceptors (Lipinski definition) is 4. The van der Waals surface area contributed by atoms with E-state index in [1.807, 2.05) is 7.05 Å². The van der Waals surface area contributed by atoms with Crippen LogP contribution in [-0.4, -0.2) is 55.5 Å². The van der Waals surface area contributed by atoms with Gasteiger partial charge in [0.05, 0.1) is 17.7 Å². The summed E-state index contributed by atoms with van der Waals surface area (Å²) < 4.78 is 41.5. The first-order valence-electron chi connectivity index (χ1n) is 11.1. The fraction of sp³-hybridized carbons (Fsp3) is 0.696. The standard InChI is InChI=1S/C23H31FN2O3S/c1-22(2)16-8-10-23(22)14-30(28,29)26(20(23)12-16)21(27)19-13-25(3)11-9-18(19)15-4-6-17(24)7-5-15/h4-7,16,18-20H,8-14H2,1-3H3/t16-,18+,19-,20+,23-/m1/s1. The maximum Gasteiger partial charge on any atom is 0.241 e. The Bertz CT molecular complexity index is 977. The molecule has 2 aliphatic heterocycles. The SMILES string of the molecule is CN1CC[C@@H](c2ccc(F)cc2)[C@H](C(=O)N2[C@H]3C[C@H]4CC[C@]3(CS2(=O)=O)C4(C)C)C1. The zero-order chi connectivity index (χ0) is 21.5. The van der Waals surface area contributed by atoms with Gasteiger partial charge in [-0.3, -0.25) is 4.79 Å². The number of halogens is 1. The number of hydrogen-bond donors (Lipinski definition) is 0. The minimum Gasteiger partial charge on any atom is -0.306 e. The van der Waals surface area contributed by atoms with Gasteiger partial charge in [0.25, 0.3) is 0 Å². The summed E-state index contributed by atoms with van der Waals surface area (Å²) >= 11 is 0. The van der Waals surface area contributed by atoms with Crippen LogP contribution < -0.4 is 0 Å². The van der Waals surface area contributed by atoms with E-state index in [4.69, 9.17) is 0 Å². The fourth-order valence-electron chi connectivity index (χ4n) is 7.22. The van der Waals surface area contributed by atoms with Crippen molar-refractivity contribution in [3.63, 3.8) is 0 Å². The van der Waals surface area contributed by atoms with Crippen molar-refractivity contribution >= 4 is 15.9 Å². The second-order valence-corrected chi connectivity index (χ2v) is 12.4. The van der Waals surface area contributed by atoms with Gasteiger partial charge in [-0.25, -0.2) is 17.1 Å². The number of benzene rings is 1. The van der Waals surface area contributed by atoms with Gasteiger partial charge in [-0.15, -0.1) is 0 Å². The molecule has 2 bridgehead atoms. The molecule has 1 spiro atoms. The second kappa shape index (κ2) is 6.52. The lowest BCUT2D eigenvalue weighted by Gasteiger charge is -2.40. The van der Waals surface area contributed by atoms with Crippen LogP contribution in [0.3, 0.4) is 0 Å². The van der Waals surface area contributed by atoms with Crippen LogP contribution in [0.1, 0.15) is 51.0 Å². The minimum absolute atomic E-state index is 0.0561. The summed E-state index contributed by atoms with van der Waals surface area (Å²) in [7, 11) is -1.66. The monoisotopic (exact) mass is 434 g/mol. The Morgan fingerprint density at radius 2 is 1.87 bits per heavy atom. The van der Waals surface area contributed by atoms with Crippen molar-refractivity contribution in [1.82, 2.24) is 9.21 Å². The molecule has 5 rings (SSSR count). The minimum atomic E-state index is -3.63. The molecule has 4 fully saturated rings. The van der Waals surface area contributed by atoms with Crippen molar-refractivity contribution in [3.8, 4) is 0 Å². The van der Waals surface area contributed by atoms with Crippen LogP contribution in [0.4, 0.5) is 4.39 Å². The van der Waals surface area contributed by atoms with Crippen molar-refractivity contribution in [2.75, 3.05) is 25.9 Å². The van der Waals surface area contributed by atoms with Gasteiger partial charge in [-0.05, 0) is 74.2 Å². The lowest BCUT2D eigenvalue weighted by Crippen LogP contribution is -2.51. The summed E-state index contributed by atoms with van der Waals surface area (Å²) in [5.41, 5.74) is 0.555. The molecule has 0 radical (unpaired) electrons. The lowest BCUT2D eigenvalue weighted by atomic mass is 9.69. The molecule has 30 heavy (non-hydrogen) atoms. The van der Waals surface area contributed by atoms with Gasteiger partial charge in [0, 0.05) is 12.0 Å². The molecule has 2 aliphatic carbocycles. The predicted octanol–water partition coefficient (Wildman–Crippen LogP) is 3.23. The number of carbonyl (C=O) groups excluding carboxylic acids is 1. The first-order valence-corrected chi connectivity index (χ1v) is 12.7. The molecule has 0 N–H and O–H groups in total. The van der Waals surface area contributed by atoms with E-state index >= 15 is 0 Å². The summed E-state index contributed by atoms with van der Waals surface area (Å²) in [5.74, 6) is -0.489. The van der Waals surface area contributed by atoms with Crippen LogP contribution in [0.25, 0.3) is 0 Å². The quantitative estimate of drug-likeness (QED) is 0.717. The van der Waals surface area contributed by atoms with E-state index in [9.17, 15) is 17.6 Å². The number of carbonyl (C=O) groups is 1. The number of amides is 1. The fourth-order valence-corrected chi connectivity index (χ4v) is 9.80. The molecule has 1 aromatic rings. The Labute approximate surface area is 178 Å². The van der Waals surface area contributed by atoms with Crippen LogP contribution >= 0.6 is 0 Å². The lowest BCUT2D eigenvalue weighted by molar-refractivity contribution is -0.135. The number of piperidine rings is 1. The number of fused-ring (bicyclic) bond motifs is 1. The smallest absolute Gasteiger partial charge is 0.241 e. The zero-order valence-electron chi connectivity index (χ0n) is 18.0. The van der Waals surface area contributed by atoms with Crippen LogP contribution in [0.15, 0.2) is 24.3 Å². The third-order valence-corrected chi connectivity index (χ3v) is 11.0. The highest BCUT2D eigenvalue weighted by molar-refractivity contribution is 7.90. The van der Waals surface area contributed by atoms with Crippen molar-refractivity contribution in [1.29, 1.82) is 0 Å². The number of rotatable bonds is 2. The highest BCUT2D eigenvalue weighted by Crippen LogP contribution is 2.70. The van der Waals surface area contributed by atoms with Crippen LogP contribution in [0.2, 0.25) is 0 Å². The Morgan fingerprint density at radius 3 is 2.53 bits per heavy atom. The molecule has 2 saturated carbocycles. The molecule has 4 aliphatic rings. The maximum absolute atomic E-state index is 13.9. The summed E-state index contributed by atoms with van der Waals surface area (Å²) in [6, 6.07) is 6.13. The second-order valence-electron chi connectivity index (χ2n) is 10.6. The third kappa shape index (κ3) is 2.67. The molecular formula is C23H31FN2O3S. The number of nitrogens with zero attached hydrogens (tertiary/aromatic N) is 2. The highest BCUT2D eigenvalue weighted by Gasteiger charge is 2.72. The predicted molar refractivity (Wildman–Crippen MR) is 113 cm³/mol. The van der Waals surface area contributed by atoms with Gasteiger partial charge in [-0.1, -0.05) is 26.0 Å². The van der Waals surface area contributed by atoms with E-state index in [1.54, 1.807) is 12.1 Å². The average Bonchev–Trinajstić information content (AvgIpc) is 3.16. The van der Waals surface area contributed by atoms with Crippen molar-refractivity contribution in [2.24, 2.45) is 22.7 Å². The highest BCUT2D eigenvalue weighted by atomic mass is 32.2.